The second-order valence-electron chi connectivity index (χ2n) is 2.50. The van der Waals surface area contributed by atoms with Crippen molar-refractivity contribution in [2.75, 3.05) is 11.1 Å². The van der Waals surface area contributed by atoms with Gasteiger partial charge in [0.2, 0.25) is 5.91 Å². The number of hydrogen-bond donors (Lipinski definition) is 2. The molecule has 1 amide bonds. The van der Waals surface area contributed by atoms with Crippen molar-refractivity contribution in [2.24, 2.45) is 0 Å². The van der Waals surface area contributed by atoms with Crippen LogP contribution in [0.15, 0.2) is 12.1 Å². The predicted molar refractivity (Wildman–Crippen MR) is 45.1 cm³/mol. The summed E-state index contributed by atoms with van der Waals surface area (Å²) in [7, 11) is 0. The van der Waals surface area contributed by atoms with Crippen LogP contribution in [-0.4, -0.2) is 5.91 Å². The zero-order valence-corrected chi connectivity index (χ0v) is 6.90. The van der Waals surface area contributed by atoms with E-state index in [1.54, 1.807) is 0 Å². The van der Waals surface area contributed by atoms with Crippen LogP contribution in [0.5, 0.6) is 0 Å². The molecule has 70 valence electrons. The number of nitrogens with two attached hydrogens (primary N) is 1. The lowest BCUT2D eigenvalue weighted by molar-refractivity contribution is -0.114. The van der Waals surface area contributed by atoms with Crippen LogP contribution < -0.4 is 11.1 Å². The number of nitrogens with one attached hydrogen (secondary N) is 1. The first-order chi connectivity index (χ1) is 6.02. The van der Waals surface area contributed by atoms with Crippen molar-refractivity contribution in [3.8, 4) is 0 Å². The maximum absolute atomic E-state index is 13.0. The van der Waals surface area contributed by atoms with E-state index < -0.39 is 23.2 Å². The molecule has 0 atom stereocenters. The molecule has 0 aliphatic heterocycles. The third kappa shape index (κ3) is 1.93. The van der Waals surface area contributed by atoms with Crippen molar-refractivity contribution >= 4 is 17.3 Å². The highest BCUT2D eigenvalue weighted by atomic mass is 19.1. The van der Waals surface area contributed by atoms with Crippen LogP contribution in [-0.2, 0) is 4.79 Å². The molecule has 0 radical (unpaired) electrons. The number of halogens is 2. The van der Waals surface area contributed by atoms with Gasteiger partial charge in [0.15, 0.2) is 5.82 Å². The number of nitrogen functional groups attached to an aromatic ring is 1. The van der Waals surface area contributed by atoms with Gasteiger partial charge in [-0.25, -0.2) is 8.78 Å². The smallest absolute Gasteiger partial charge is 0.221 e. The molecule has 0 aromatic heterocycles. The standard InChI is InChI=1S/C8H8F2N2O/c1-4(13)12-6-3-2-5(9)8(11)7(6)10/h2-3H,11H2,1H3,(H,12,13). The van der Waals surface area contributed by atoms with Crippen molar-refractivity contribution in [2.45, 2.75) is 6.92 Å². The average Bonchev–Trinajstić information content (AvgIpc) is 2.06. The largest absolute Gasteiger partial charge is 0.394 e. The van der Waals surface area contributed by atoms with E-state index in [0.717, 1.165) is 12.1 Å². The maximum Gasteiger partial charge on any atom is 0.221 e. The number of carbonyl (C=O) groups excluding carboxylic acids is 1. The Labute approximate surface area is 73.5 Å². The minimum Gasteiger partial charge on any atom is -0.394 e. The molecule has 1 aromatic rings. The zero-order chi connectivity index (χ0) is 10.0. The summed E-state index contributed by atoms with van der Waals surface area (Å²) in [5.41, 5.74) is 4.35. The third-order valence-corrected chi connectivity index (χ3v) is 1.44. The number of rotatable bonds is 1. The first-order valence-corrected chi connectivity index (χ1v) is 3.53. The summed E-state index contributed by atoms with van der Waals surface area (Å²) in [5.74, 6) is -2.23. The molecule has 0 saturated carbocycles. The fourth-order valence-corrected chi connectivity index (χ4v) is 0.856. The Morgan fingerprint density at radius 2 is 2.08 bits per heavy atom. The van der Waals surface area contributed by atoms with E-state index in [0.29, 0.717) is 0 Å². The van der Waals surface area contributed by atoms with E-state index >= 15 is 0 Å². The van der Waals surface area contributed by atoms with Gasteiger partial charge < -0.3 is 11.1 Å². The summed E-state index contributed by atoms with van der Waals surface area (Å²) < 4.78 is 25.7. The van der Waals surface area contributed by atoms with Gasteiger partial charge in [-0.2, -0.15) is 0 Å². The quantitative estimate of drug-likeness (QED) is 0.653. The van der Waals surface area contributed by atoms with Crippen LogP contribution in [0.3, 0.4) is 0 Å². The van der Waals surface area contributed by atoms with Crippen LogP contribution in [0.4, 0.5) is 20.2 Å². The predicted octanol–water partition coefficient (Wildman–Crippen LogP) is 1.51. The molecule has 3 nitrogen and oxygen atoms in total. The Morgan fingerprint density at radius 1 is 1.46 bits per heavy atom. The first kappa shape index (κ1) is 9.44. The number of hydrogen-bond acceptors (Lipinski definition) is 2. The van der Waals surface area contributed by atoms with Crippen LogP contribution in [0.1, 0.15) is 6.92 Å². The van der Waals surface area contributed by atoms with E-state index in [4.69, 9.17) is 5.73 Å². The second-order valence-corrected chi connectivity index (χ2v) is 2.50. The second kappa shape index (κ2) is 3.38. The number of amides is 1. The topological polar surface area (TPSA) is 55.1 Å². The number of carbonyl (C=O) groups is 1. The van der Waals surface area contributed by atoms with Gasteiger partial charge in [0, 0.05) is 6.92 Å². The molecular formula is C8H8F2N2O. The van der Waals surface area contributed by atoms with Crippen LogP contribution >= 0.6 is 0 Å². The van der Waals surface area contributed by atoms with Gasteiger partial charge >= 0.3 is 0 Å². The molecule has 0 unspecified atom stereocenters. The lowest BCUT2D eigenvalue weighted by atomic mass is 10.2. The Morgan fingerprint density at radius 3 is 2.62 bits per heavy atom. The summed E-state index contributed by atoms with van der Waals surface area (Å²) in [6.07, 6.45) is 0. The summed E-state index contributed by atoms with van der Waals surface area (Å²) in [6, 6.07) is 2.10. The molecule has 0 heterocycles. The fourth-order valence-electron chi connectivity index (χ4n) is 0.856. The molecule has 0 bridgehead atoms. The summed E-state index contributed by atoms with van der Waals surface area (Å²) in [4.78, 5) is 10.5. The maximum atomic E-state index is 13.0. The highest BCUT2D eigenvalue weighted by Gasteiger charge is 2.10. The lowest BCUT2D eigenvalue weighted by Crippen LogP contribution is -2.09. The third-order valence-electron chi connectivity index (χ3n) is 1.44. The SMILES string of the molecule is CC(=O)Nc1ccc(F)c(N)c1F. The number of anilines is 2. The zero-order valence-electron chi connectivity index (χ0n) is 6.90. The molecule has 1 aromatic carbocycles. The molecule has 13 heavy (non-hydrogen) atoms. The Hall–Kier alpha value is -1.65. The highest BCUT2D eigenvalue weighted by molar-refractivity contribution is 5.89. The monoisotopic (exact) mass is 186 g/mol. The van der Waals surface area contributed by atoms with E-state index in [9.17, 15) is 13.6 Å². The van der Waals surface area contributed by atoms with Crippen molar-refractivity contribution < 1.29 is 13.6 Å². The van der Waals surface area contributed by atoms with Crippen molar-refractivity contribution in [1.29, 1.82) is 0 Å². The Balaban J connectivity index is 3.10. The molecule has 3 N–H and O–H groups in total. The Bertz CT molecular complexity index is 352. The lowest BCUT2D eigenvalue weighted by Gasteiger charge is -2.05. The normalized spacial score (nSPS) is 9.77. The van der Waals surface area contributed by atoms with Gasteiger partial charge in [-0.15, -0.1) is 0 Å². The van der Waals surface area contributed by atoms with Gasteiger partial charge in [0.25, 0.3) is 0 Å². The molecule has 0 fully saturated rings. The van der Waals surface area contributed by atoms with Crippen molar-refractivity contribution in [3.05, 3.63) is 23.8 Å². The molecule has 0 spiro atoms. The molecule has 0 saturated heterocycles. The van der Waals surface area contributed by atoms with Gasteiger partial charge in [-0.3, -0.25) is 4.79 Å². The molecule has 0 aliphatic carbocycles. The molecule has 1 rings (SSSR count). The van der Waals surface area contributed by atoms with Gasteiger partial charge in [0.05, 0.1) is 5.69 Å². The van der Waals surface area contributed by atoms with Crippen molar-refractivity contribution in [1.82, 2.24) is 0 Å². The van der Waals surface area contributed by atoms with E-state index in [1.807, 2.05) is 0 Å². The van der Waals surface area contributed by atoms with Gasteiger partial charge in [-0.1, -0.05) is 0 Å². The summed E-state index contributed by atoms with van der Waals surface area (Å²) >= 11 is 0. The first-order valence-electron chi connectivity index (χ1n) is 3.53. The van der Waals surface area contributed by atoms with E-state index in [2.05, 4.69) is 5.32 Å². The van der Waals surface area contributed by atoms with Crippen LogP contribution in [0.2, 0.25) is 0 Å². The molecule has 5 heteroatoms. The van der Waals surface area contributed by atoms with Gasteiger partial charge in [-0.05, 0) is 12.1 Å². The van der Waals surface area contributed by atoms with Crippen LogP contribution in [0.25, 0.3) is 0 Å². The minimum atomic E-state index is -0.949. The average molecular weight is 186 g/mol. The minimum absolute atomic E-state index is 0.119. The molecular weight excluding hydrogens is 178 g/mol. The van der Waals surface area contributed by atoms with Crippen LogP contribution in [0, 0.1) is 11.6 Å². The van der Waals surface area contributed by atoms with E-state index in [-0.39, 0.29) is 5.69 Å². The highest BCUT2D eigenvalue weighted by Crippen LogP contribution is 2.22. The van der Waals surface area contributed by atoms with E-state index in [1.165, 1.54) is 6.92 Å². The summed E-state index contributed by atoms with van der Waals surface area (Å²) in [6.45, 7) is 1.22. The van der Waals surface area contributed by atoms with Crippen molar-refractivity contribution in [3.63, 3.8) is 0 Å². The molecule has 0 aliphatic rings. The number of benzene rings is 1. The summed E-state index contributed by atoms with van der Waals surface area (Å²) in [5, 5.41) is 2.18. The van der Waals surface area contributed by atoms with Gasteiger partial charge in [0.1, 0.15) is 11.5 Å². The fraction of sp³-hybridized carbons (Fsp3) is 0.125. The Kier molecular flexibility index (Phi) is 2.46.